The number of rotatable bonds is 3. The van der Waals surface area contributed by atoms with Crippen molar-refractivity contribution in [3.8, 4) is 0 Å². The number of ketones is 1. The Hall–Kier alpha value is -2.37. The summed E-state index contributed by atoms with van der Waals surface area (Å²) in [5.74, 6) is -0.435. The number of nitro benzene ring substituents is 1. The Morgan fingerprint density at radius 3 is 2.12 bits per heavy atom. The Labute approximate surface area is 91.7 Å². The van der Waals surface area contributed by atoms with Gasteiger partial charge < -0.3 is 11.5 Å². The highest BCUT2D eigenvalue weighted by Gasteiger charge is 2.12. The predicted octanol–water partition coefficient (Wildman–Crippen LogP) is 0.926. The smallest absolute Gasteiger partial charge is 0.269 e. The van der Waals surface area contributed by atoms with E-state index in [-0.39, 0.29) is 22.6 Å². The lowest BCUT2D eigenvalue weighted by Crippen LogP contribution is -2.17. The van der Waals surface area contributed by atoms with E-state index in [0.717, 1.165) is 0 Å². The van der Waals surface area contributed by atoms with Crippen molar-refractivity contribution in [2.45, 2.75) is 6.92 Å². The van der Waals surface area contributed by atoms with Gasteiger partial charge in [-0.1, -0.05) is 0 Å². The molecule has 6 nitrogen and oxygen atoms in total. The molecule has 1 aromatic rings. The van der Waals surface area contributed by atoms with E-state index in [1.165, 1.54) is 31.2 Å². The predicted molar refractivity (Wildman–Crippen MR) is 58.5 cm³/mol. The molecule has 0 fully saturated rings. The molecule has 84 valence electrons. The second kappa shape index (κ2) is 4.43. The van der Waals surface area contributed by atoms with Gasteiger partial charge in [-0.05, 0) is 19.1 Å². The number of benzene rings is 1. The van der Waals surface area contributed by atoms with Gasteiger partial charge in [-0.15, -0.1) is 0 Å². The summed E-state index contributed by atoms with van der Waals surface area (Å²) in [7, 11) is 0. The molecule has 6 heteroatoms. The number of carbonyl (C=O) groups is 1. The largest absolute Gasteiger partial charge is 0.400 e. The summed E-state index contributed by atoms with van der Waals surface area (Å²) >= 11 is 0. The van der Waals surface area contributed by atoms with Crippen molar-refractivity contribution >= 4 is 11.5 Å². The molecule has 0 spiro atoms. The van der Waals surface area contributed by atoms with E-state index >= 15 is 0 Å². The first-order valence-corrected chi connectivity index (χ1v) is 4.44. The number of hydrogen-bond donors (Lipinski definition) is 2. The average Bonchev–Trinajstić information content (AvgIpc) is 2.27. The van der Waals surface area contributed by atoms with Gasteiger partial charge in [0.2, 0.25) is 5.78 Å². The van der Waals surface area contributed by atoms with Gasteiger partial charge in [-0.25, -0.2) is 0 Å². The minimum absolute atomic E-state index is 0.0474. The summed E-state index contributed by atoms with van der Waals surface area (Å²) in [5, 5.41) is 10.4. The van der Waals surface area contributed by atoms with E-state index in [0.29, 0.717) is 0 Å². The first-order chi connectivity index (χ1) is 7.43. The van der Waals surface area contributed by atoms with Crippen LogP contribution in [0.2, 0.25) is 0 Å². The SMILES string of the molecule is C/C(N)=C(\N)C(=O)c1ccc([N+](=O)[O-])cc1. The van der Waals surface area contributed by atoms with Crippen molar-refractivity contribution in [2.24, 2.45) is 11.5 Å². The molecule has 0 aliphatic carbocycles. The molecule has 0 heterocycles. The lowest BCUT2D eigenvalue weighted by molar-refractivity contribution is -0.384. The van der Waals surface area contributed by atoms with Crippen LogP contribution in [0.4, 0.5) is 5.69 Å². The molecule has 0 saturated heterocycles. The molecular weight excluding hydrogens is 210 g/mol. The van der Waals surface area contributed by atoms with Crippen LogP contribution in [0.1, 0.15) is 17.3 Å². The third-order valence-corrected chi connectivity index (χ3v) is 2.01. The first-order valence-electron chi connectivity index (χ1n) is 4.44. The van der Waals surface area contributed by atoms with Gasteiger partial charge in [0.1, 0.15) is 0 Å². The lowest BCUT2D eigenvalue weighted by atomic mass is 10.1. The molecular formula is C10H11N3O3. The highest BCUT2D eigenvalue weighted by Crippen LogP contribution is 2.13. The Bertz CT molecular complexity index is 459. The molecule has 0 unspecified atom stereocenters. The van der Waals surface area contributed by atoms with Crippen LogP contribution in [0.15, 0.2) is 35.7 Å². The topological polar surface area (TPSA) is 112 Å². The van der Waals surface area contributed by atoms with Gasteiger partial charge in [0.05, 0.1) is 10.6 Å². The van der Waals surface area contributed by atoms with Gasteiger partial charge in [-0.3, -0.25) is 14.9 Å². The maximum atomic E-state index is 11.6. The van der Waals surface area contributed by atoms with E-state index in [1.807, 2.05) is 0 Å². The Morgan fingerprint density at radius 2 is 1.75 bits per heavy atom. The molecule has 0 radical (unpaired) electrons. The Balaban J connectivity index is 3.04. The fourth-order valence-corrected chi connectivity index (χ4v) is 1.07. The maximum absolute atomic E-state index is 11.6. The highest BCUT2D eigenvalue weighted by atomic mass is 16.6. The van der Waals surface area contributed by atoms with Crippen molar-refractivity contribution < 1.29 is 9.72 Å². The van der Waals surface area contributed by atoms with E-state index in [9.17, 15) is 14.9 Å². The molecule has 4 N–H and O–H groups in total. The summed E-state index contributed by atoms with van der Waals surface area (Å²) in [6, 6.07) is 5.17. The van der Waals surface area contributed by atoms with Crippen LogP contribution >= 0.6 is 0 Å². The van der Waals surface area contributed by atoms with Crippen LogP contribution in [0, 0.1) is 10.1 Å². The molecule has 0 aliphatic heterocycles. The van der Waals surface area contributed by atoms with Crippen LogP contribution in [0.3, 0.4) is 0 Å². The summed E-state index contributed by atoms with van der Waals surface area (Å²) in [5.41, 5.74) is 11.2. The van der Waals surface area contributed by atoms with E-state index in [2.05, 4.69) is 0 Å². The van der Waals surface area contributed by atoms with Crippen LogP contribution < -0.4 is 11.5 Å². The fourth-order valence-electron chi connectivity index (χ4n) is 1.07. The minimum atomic E-state index is -0.540. The quantitative estimate of drug-likeness (QED) is 0.341. The molecule has 0 saturated carbocycles. The van der Waals surface area contributed by atoms with Gasteiger partial charge in [0, 0.05) is 23.4 Å². The number of carbonyl (C=O) groups excluding carboxylic acids is 1. The third kappa shape index (κ3) is 2.35. The number of Topliss-reactive ketones (excluding diaryl/α,β-unsaturated/α-hetero) is 1. The highest BCUT2D eigenvalue weighted by molar-refractivity contribution is 6.08. The van der Waals surface area contributed by atoms with Crippen molar-refractivity contribution in [2.75, 3.05) is 0 Å². The number of nitrogens with zero attached hydrogens (tertiary/aromatic N) is 1. The lowest BCUT2D eigenvalue weighted by Gasteiger charge is -2.02. The third-order valence-electron chi connectivity index (χ3n) is 2.01. The number of non-ortho nitro benzene ring substituents is 1. The van der Waals surface area contributed by atoms with E-state index in [4.69, 9.17) is 11.5 Å². The number of nitrogens with two attached hydrogens (primary N) is 2. The van der Waals surface area contributed by atoms with Gasteiger partial charge in [-0.2, -0.15) is 0 Å². The van der Waals surface area contributed by atoms with Crippen molar-refractivity contribution in [1.82, 2.24) is 0 Å². The van der Waals surface area contributed by atoms with Gasteiger partial charge in [0.15, 0.2) is 0 Å². The number of allylic oxidation sites excluding steroid dienone is 2. The zero-order chi connectivity index (χ0) is 12.3. The summed E-state index contributed by atoms with van der Waals surface area (Å²) in [6.07, 6.45) is 0. The zero-order valence-electron chi connectivity index (χ0n) is 8.64. The van der Waals surface area contributed by atoms with Gasteiger partial charge in [0.25, 0.3) is 5.69 Å². The molecule has 1 rings (SSSR count). The monoisotopic (exact) mass is 221 g/mol. The molecule has 16 heavy (non-hydrogen) atoms. The van der Waals surface area contributed by atoms with Crippen LogP contribution in [-0.2, 0) is 0 Å². The molecule has 0 aliphatic rings. The van der Waals surface area contributed by atoms with Crippen LogP contribution in [0.25, 0.3) is 0 Å². The second-order valence-corrected chi connectivity index (χ2v) is 3.23. The molecule has 0 amide bonds. The van der Waals surface area contributed by atoms with Gasteiger partial charge >= 0.3 is 0 Å². The Morgan fingerprint density at radius 1 is 1.25 bits per heavy atom. The molecule has 0 aromatic heterocycles. The summed E-state index contributed by atoms with van der Waals surface area (Å²) < 4.78 is 0. The normalized spacial score (nSPS) is 11.8. The van der Waals surface area contributed by atoms with E-state index in [1.54, 1.807) is 0 Å². The van der Waals surface area contributed by atoms with Crippen molar-refractivity contribution in [3.63, 3.8) is 0 Å². The van der Waals surface area contributed by atoms with Crippen LogP contribution in [-0.4, -0.2) is 10.7 Å². The maximum Gasteiger partial charge on any atom is 0.269 e. The molecule has 1 aromatic carbocycles. The van der Waals surface area contributed by atoms with E-state index < -0.39 is 10.7 Å². The summed E-state index contributed by atoms with van der Waals surface area (Å²) in [4.78, 5) is 21.5. The zero-order valence-corrected chi connectivity index (χ0v) is 8.64. The Kier molecular flexibility index (Phi) is 3.24. The molecule has 0 bridgehead atoms. The second-order valence-electron chi connectivity index (χ2n) is 3.23. The standard InChI is InChI=1S/C10H11N3O3/c1-6(11)9(12)10(14)7-2-4-8(5-3-7)13(15)16/h2-5H,11-12H2,1H3/b9-6+. The number of nitro groups is 1. The molecule has 0 atom stereocenters. The average molecular weight is 221 g/mol. The summed E-state index contributed by atoms with van der Waals surface area (Å²) in [6.45, 7) is 1.51. The number of hydrogen-bond acceptors (Lipinski definition) is 5. The van der Waals surface area contributed by atoms with Crippen molar-refractivity contribution in [3.05, 3.63) is 51.3 Å². The first kappa shape index (κ1) is 11.7. The van der Waals surface area contributed by atoms with Crippen LogP contribution in [0.5, 0.6) is 0 Å². The minimum Gasteiger partial charge on any atom is -0.400 e. The van der Waals surface area contributed by atoms with Crippen molar-refractivity contribution in [1.29, 1.82) is 0 Å². The fraction of sp³-hybridized carbons (Fsp3) is 0.100.